The van der Waals surface area contributed by atoms with Gasteiger partial charge in [0.05, 0.1) is 11.3 Å². The van der Waals surface area contributed by atoms with E-state index in [-0.39, 0.29) is 16.7 Å². The smallest absolute Gasteiger partial charge is 0.146 e. The number of hydrogen-bond donors (Lipinski definition) is 2. The van der Waals surface area contributed by atoms with Gasteiger partial charge in [-0.3, -0.25) is 0 Å². The van der Waals surface area contributed by atoms with Gasteiger partial charge in [-0.25, -0.2) is 14.4 Å². The van der Waals surface area contributed by atoms with E-state index in [1.54, 1.807) is 19.1 Å². The predicted octanol–water partition coefficient (Wildman–Crippen LogP) is 3.32. The van der Waals surface area contributed by atoms with Crippen molar-refractivity contribution in [3.8, 4) is 0 Å². The van der Waals surface area contributed by atoms with Crippen LogP contribution in [0, 0.1) is 18.2 Å². The molecule has 1 aromatic heterocycles. The van der Waals surface area contributed by atoms with Gasteiger partial charge in [-0.1, -0.05) is 17.7 Å². The molecule has 92 valence electrons. The highest BCUT2D eigenvalue weighted by Crippen LogP contribution is 2.23. The number of nitrogens with zero attached hydrogens (tertiary/aromatic N) is 2. The molecule has 1 heterocycles. The van der Waals surface area contributed by atoms with Crippen LogP contribution in [0.15, 0.2) is 24.5 Å². The van der Waals surface area contributed by atoms with Crippen LogP contribution in [-0.2, 0) is 0 Å². The quantitative estimate of drug-likeness (QED) is 0.660. The van der Waals surface area contributed by atoms with Crippen molar-refractivity contribution in [2.75, 3.05) is 5.32 Å². The molecule has 18 heavy (non-hydrogen) atoms. The SMILES string of the molecule is Cc1ccc(Nc2ncnc(Cl)c2C=N)c(F)c1. The molecule has 2 rings (SSSR count). The second-order valence-corrected chi connectivity index (χ2v) is 4.04. The lowest BCUT2D eigenvalue weighted by atomic mass is 10.2. The number of halogens is 2. The van der Waals surface area contributed by atoms with Gasteiger partial charge in [0, 0.05) is 6.21 Å². The van der Waals surface area contributed by atoms with Crippen molar-refractivity contribution in [3.05, 3.63) is 46.6 Å². The Balaban J connectivity index is 2.40. The molecule has 0 spiro atoms. The second-order valence-electron chi connectivity index (χ2n) is 3.68. The summed E-state index contributed by atoms with van der Waals surface area (Å²) in [7, 11) is 0. The van der Waals surface area contributed by atoms with Gasteiger partial charge in [0.2, 0.25) is 0 Å². The number of nitrogens with one attached hydrogen (secondary N) is 2. The molecule has 0 atom stereocenters. The fraction of sp³-hybridized carbons (Fsp3) is 0.0833. The highest BCUT2D eigenvalue weighted by molar-refractivity contribution is 6.32. The average molecular weight is 265 g/mol. The van der Waals surface area contributed by atoms with Crippen molar-refractivity contribution >= 4 is 29.3 Å². The Labute approximate surface area is 108 Å². The van der Waals surface area contributed by atoms with Gasteiger partial charge >= 0.3 is 0 Å². The average Bonchev–Trinajstić information content (AvgIpc) is 2.33. The van der Waals surface area contributed by atoms with Gasteiger partial charge in [0.25, 0.3) is 0 Å². The summed E-state index contributed by atoms with van der Waals surface area (Å²) in [5.41, 5.74) is 1.42. The fourth-order valence-electron chi connectivity index (χ4n) is 1.45. The molecule has 1 aromatic carbocycles. The molecule has 0 radical (unpaired) electrons. The summed E-state index contributed by atoms with van der Waals surface area (Å²) < 4.78 is 13.7. The van der Waals surface area contributed by atoms with Crippen LogP contribution in [-0.4, -0.2) is 16.2 Å². The van der Waals surface area contributed by atoms with Crippen LogP contribution in [0.3, 0.4) is 0 Å². The molecule has 0 saturated carbocycles. The molecule has 0 aliphatic heterocycles. The topological polar surface area (TPSA) is 61.7 Å². The summed E-state index contributed by atoms with van der Waals surface area (Å²) in [6.45, 7) is 1.80. The van der Waals surface area contributed by atoms with Gasteiger partial charge in [-0.05, 0) is 24.6 Å². The number of benzene rings is 1. The standard InChI is InChI=1S/C12H10ClFN4/c1-7-2-3-10(9(14)4-7)18-12-8(5-15)11(13)16-6-17-12/h2-6,15H,1H3,(H,16,17,18). The van der Waals surface area contributed by atoms with Crippen LogP contribution in [0.2, 0.25) is 5.15 Å². The maximum Gasteiger partial charge on any atom is 0.146 e. The summed E-state index contributed by atoms with van der Waals surface area (Å²) in [5, 5.41) is 10.2. The first kappa shape index (κ1) is 12.4. The molecule has 0 amide bonds. The molecule has 0 aliphatic rings. The highest BCUT2D eigenvalue weighted by Gasteiger charge is 2.09. The van der Waals surface area contributed by atoms with E-state index in [9.17, 15) is 4.39 Å². The Kier molecular flexibility index (Phi) is 3.53. The van der Waals surface area contributed by atoms with Crippen LogP contribution in [0.4, 0.5) is 15.9 Å². The number of rotatable bonds is 3. The van der Waals surface area contributed by atoms with Crippen molar-refractivity contribution < 1.29 is 4.39 Å². The minimum Gasteiger partial charge on any atom is -0.337 e. The lowest BCUT2D eigenvalue weighted by Gasteiger charge is -2.09. The molecular formula is C12H10ClFN4. The minimum atomic E-state index is -0.388. The summed E-state index contributed by atoms with van der Waals surface area (Å²) in [6, 6.07) is 4.79. The van der Waals surface area contributed by atoms with Gasteiger partial charge in [-0.15, -0.1) is 0 Å². The molecule has 4 nitrogen and oxygen atoms in total. The highest BCUT2D eigenvalue weighted by atomic mass is 35.5. The van der Waals surface area contributed by atoms with Crippen molar-refractivity contribution in [2.24, 2.45) is 0 Å². The normalized spacial score (nSPS) is 10.2. The van der Waals surface area contributed by atoms with Crippen LogP contribution >= 0.6 is 11.6 Å². The summed E-state index contributed by atoms with van der Waals surface area (Å²) in [4.78, 5) is 7.70. The molecular weight excluding hydrogens is 255 g/mol. The Bertz CT molecular complexity index is 601. The second kappa shape index (κ2) is 5.10. The fourth-order valence-corrected chi connectivity index (χ4v) is 1.64. The van der Waals surface area contributed by atoms with E-state index < -0.39 is 0 Å². The van der Waals surface area contributed by atoms with Gasteiger partial charge in [0.1, 0.15) is 23.1 Å². The molecule has 0 bridgehead atoms. The zero-order chi connectivity index (χ0) is 13.1. The lowest BCUT2D eigenvalue weighted by molar-refractivity contribution is 0.630. The number of aryl methyl sites for hydroxylation is 1. The Morgan fingerprint density at radius 1 is 1.39 bits per heavy atom. The van der Waals surface area contributed by atoms with E-state index in [2.05, 4.69) is 15.3 Å². The van der Waals surface area contributed by atoms with Gasteiger partial charge in [-0.2, -0.15) is 0 Å². The van der Waals surface area contributed by atoms with E-state index >= 15 is 0 Å². The summed E-state index contributed by atoms with van der Waals surface area (Å²) in [5.74, 6) is -0.0894. The maximum atomic E-state index is 13.7. The first-order chi connectivity index (χ1) is 8.61. The number of hydrogen-bond acceptors (Lipinski definition) is 4. The van der Waals surface area contributed by atoms with Crippen molar-refractivity contribution in [2.45, 2.75) is 6.92 Å². The molecule has 2 N–H and O–H groups in total. The minimum absolute atomic E-state index is 0.148. The molecule has 0 unspecified atom stereocenters. The Morgan fingerprint density at radius 3 is 2.83 bits per heavy atom. The third-order valence-electron chi connectivity index (χ3n) is 2.36. The number of aromatic nitrogens is 2. The molecule has 0 aliphatic carbocycles. The third kappa shape index (κ3) is 2.46. The summed E-state index contributed by atoms with van der Waals surface area (Å²) in [6.07, 6.45) is 2.28. The maximum absolute atomic E-state index is 13.7. The third-order valence-corrected chi connectivity index (χ3v) is 2.66. The summed E-state index contributed by atoms with van der Waals surface area (Å²) >= 11 is 5.82. The van der Waals surface area contributed by atoms with Crippen molar-refractivity contribution in [1.29, 1.82) is 5.41 Å². The van der Waals surface area contributed by atoms with Crippen LogP contribution in [0.1, 0.15) is 11.1 Å². The predicted molar refractivity (Wildman–Crippen MR) is 69.3 cm³/mol. The van der Waals surface area contributed by atoms with E-state index in [1.165, 1.54) is 12.4 Å². The zero-order valence-electron chi connectivity index (χ0n) is 9.54. The first-order valence-corrected chi connectivity index (χ1v) is 5.53. The van der Waals surface area contributed by atoms with Gasteiger partial charge < -0.3 is 10.7 Å². The molecule has 0 fully saturated rings. The molecule has 0 saturated heterocycles. The zero-order valence-corrected chi connectivity index (χ0v) is 10.3. The molecule has 6 heteroatoms. The van der Waals surface area contributed by atoms with Crippen LogP contribution in [0.25, 0.3) is 0 Å². The first-order valence-electron chi connectivity index (χ1n) is 5.16. The van der Waals surface area contributed by atoms with E-state index in [0.29, 0.717) is 11.4 Å². The van der Waals surface area contributed by atoms with Gasteiger partial charge in [0.15, 0.2) is 0 Å². The Morgan fingerprint density at radius 2 is 2.17 bits per heavy atom. The van der Waals surface area contributed by atoms with E-state index in [4.69, 9.17) is 17.0 Å². The monoisotopic (exact) mass is 264 g/mol. The lowest BCUT2D eigenvalue weighted by Crippen LogP contribution is -2.02. The largest absolute Gasteiger partial charge is 0.337 e. The van der Waals surface area contributed by atoms with Crippen molar-refractivity contribution in [3.63, 3.8) is 0 Å². The molecule has 2 aromatic rings. The number of anilines is 2. The van der Waals surface area contributed by atoms with E-state index in [1.807, 2.05) is 0 Å². The van der Waals surface area contributed by atoms with Crippen LogP contribution < -0.4 is 5.32 Å². The van der Waals surface area contributed by atoms with E-state index in [0.717, 1.165) is 11.8 Å². The van der Waals surface area contributed by atoms with Crippen molar-refractivity contribution in [1.82, 2.24) is 9.97 Å². The Hall–Kier alpha value is -2.01. The van der Waals surface area contributed by atoms with Crippen LogP contribution in [0.5, 0.6) is 0 Å².